The Morgan fingerprint density at radius 1 is 1.45 bits per heavy atom. The summed E-state index contributed by atoms with van der Waals surface area (Å²) < 4.78 is 10.6. The molecule has 0 saturated carbocycles. The summed E-state index contributed by atoms with van der Waals surface area (Å²) in [5, 5.41) is 0. The van der Waals surface area contributed by atoms with Crippen LogP contribution in [-0.4, -0.2) is 66.8 Å². The molecule has 22 heavy (non-hydrogen) atoms. The standard InChI is InChI=1S/C16H26N2O4/c1-3-10-21-11-7-15(19)17-8-5-13(6-9-17)18-12-14(4-2)22-16(18)20/h3,13-14H,1,4-12H2,2H3. The summed E-state index contributed by atoms with van der Waals surface area (Å²) in [7, 11) is 0. The van der Waals surface area contributed by atoms with E-state index in [1.165, 1.54) is 0 Å². The molecule has 2 rings (SSSR count). The summed E-state index contributed by atoms with van der Waals surface area (Å²) in [5.41, 5.74) is 0. The van der Waals surface area contributed by atoms with Crippen molar-refractivity contribution in [1.29, 1.82) is 0 Å². The first kappa shape index (κ1) is 16.8. The predicted molar refractivity (Wildman–Crippen MR) is 82.5 cm³/mol. The van der Waals surface area contributed by atoms with E-state index in [-0.39, 0.29) is 24.1 Å². The Morgan fingerprint density at radius 2 is 2.18 bits per heavy atom. The first-order valence-electron chi connectivity index (χ1n) is 8.09. The number of hydrogen-bond donors (Lipinski definition) is 0. The topological polar surface area (TPSA) is 59.1 Å². The average Bonchev–Trinajstić information content (AvgIpc) is 2.92. The highest BCUT2D eigenvalue weighted by molar-refractivity contribution is 5.76. The van der Waals surface area contributed by atoms with E-state index >= 15 is 0 Å². The van der Waals surface area contributed by atoms with Crippen LogP contribution in [0, 0.1) is 0 Å². The molecule has 6 heteroatoms. The first-order chi connectivity index (χ1) is 10.7. The second-order valence-corrected chi connectivity index (χ2v) is 5.79. The van der Waals surface area contributed by atoms with Crippen LogP contribution in [0.3, 0.4) is 0 Å². The Balaban J connectivity index is 1.72. The van der Waals surface area contributed by atoms with Crippen molar-refractivity contribution in [3.05, 3.63) is 12.7 Å². The lowest BCUT2D eigenvalue weighted by molar-refractivity contribution is -0.133. The Morgan fingerprint density at radius 3 is 2.77 bits per heavy atom. The maximum Gasteiger partial charge on any atom is 0.410 e. The number of piperidine rings is 1. The fraction of sp³-hybridized carbons (Fsp3) is 0.750. The Hall–Kier alpha value is -1.56. The zero-order valence-corrected chi connectivity index (χ0v) is 13.3. The van der Waals surface area contributed by atoms with Crippen molar-refractivity contribution in [2.24, 2.45) is 0 Å². The van der Waals surface area contributed by atoms with Crippen LogP contribution in [0.25, 0.3) is 0 Å². The normalized spacial score (nSPS) is 22.8. The van der Waals surface area contributed by atoms with Crippen LogP contribution in [0.15, 0.2) is 12.7 Å². The molecule has 1 unspecified atom stereocenters. The lowest BCUT2D eigenvalue weighted by Crippen LogP contribution is -2.47. The van der Waals surface area contributed by atoms with Crippen molar-refractivity contribution >= 4 is 12.0 Å². The van der Waals surface area contributed by atoms with Gasteiger partial charge in [-0.2, -0.15) is 0 Å². The quantitative estimate of drug-likeness (QED) is 0.531. The third-order valence-electron chi connectivity index (χ3n) is 4.31. The van der Waals surface area contributed by atoms with Crippen LogP contribution >= 0.6 is 0 Å². The van der Waals surface area contributed by atoms with Gasteiger partial charge in [0.15, 0.2) is 0 Å². The Kier molecular flexibility index (Phi) is 6.24. The second-order valence-electron chi connectivity index (χ2n) is 5.79. The summed E-state index contributed by atoms with van der Waals surface area (Å²) in [4.78, 5) is 27.6. The molecule has 2 aliphatic heterocycles. The monoisotopic (exact) mass is 310 g/mol. The first-order valence-corrected chi connectivity index (χ1v) is 8.09. The maximum atomic E-state index is 12.1. The van der Waals surface area contributed by atoms with Gasteiger partial charge in [0.25, 0.3) is 0 Å². The van der Waals surface area contributed by atoms with E-state index in [2.05, 4.69) is 6.58 Å². The Labute approximate surface area is 132 Å². The van der Waals surface area contributed by atoms with Gasteiger partial charge in [0.1, 0.15) is 6.10 Å². The highest BCUT2D eigenvalue weighted by atomic mass is 16.6. The molecule has 0 aromatic heterocycles. The second kappa shape index (κ2) is 8.17. The highest BCUT2D eigenvalue weighted by Crippen LogP contribution is 2.23. The van der Waals surface area contributed by atoms with Crippen molar-refractivity contribution in [3.8, 4) is 0 Å². The minimum Gasteiger partial charge on any atom is -0.444 e. The van der Waals surface area contributed by atoms with Gasteiger partial charge < -0.3 is 19.3 Å². The molecular weight excluding hydrogens is 284 g/mol. The van der Waals surface area contributed by atoms with Gasteiger partial charge in [0, 0.05) is 19.1 Å². The lowest BCUT2D eigenvalue weighted by Gasteiger charge is -2.35. The fourth-order valence-corrected chi connectivity index (χ4v) is 2.96. The molecule has 6 nitrogen and oxygen atoms in total. The third-order valence-corrected chi connectivity index (χ3v) is 4.31. The molecule has 2 saturated heterocycles. The van der Waals surface area contributed by atoms with Crippen LogP contribution < -0.4 is 0 Å². The van der Waals surface area contributed by atoms with E-state index in [0.717, 1.165) is 19.3 Å². The van der Waals surface area contributed by atoms with Gasteiger partial charge in [-0.15, -0.1) is 6.58 Å². The molecule has 0 aromatic rings. The summed E-state index contributed by atoms with van der Waals surface area (Å²) in [6, 6.07) is 0.199. The van der Waals surface area contributed by atoms with Gasteiger partial charge in [-0.25, -0.2) is 4.79 Å². The maximum absolute atomic E-state index is 12.1. The van der Waals surface area contributed by atoms with E-state index < -0.39 is 0 Å². The van der Waals surface area contributed by atoms with Gasteiger partial charge in [0.05, 0.1) is 26.2 Å². The van der Waals surface area contributed by atoms with E-state index in [9.17, 15) is 9.59 Å². The van der Waals surface area contributed by atoms with Crippen molar-refractivity contribution in [2.75, 3.05) is 32.8 Å². The van der Waals surface area contributed by atoms with Crippen LogP contribution in [0.2, 0.25) is 0 Å². The Bertz CT molecular complexity index is 405. The zero-order chi connectivity index (χ0) is 15.9. The number of rotatable bonds is 7. The highest BCUT2D eigenvalue weighted by Gasteiger charge is 2.37. The van der Waals surface area contributed by atoms with Crippen LogP contribution in [0.5, 0.6) is 0 Å². The summed E-state index contributed by atoms with van der Waals surface area (Å²) in [6.45, 7) is 8.59. The fourth-order valence-electron chi connectivity index (χ4n) is 2.96. The minimum absolute atomic E-state index is 0.0224. The summed E-state index contributed by atoms with van der Waals surface area (Å²) in [5.74, 6) is 0.123. The van der Waals surface area contributed by atoms with Crippen LogP contribution in [-0.2, 0) is 14.3 Å². The number of hydrogen-bond acceptors (Lipinski definition) is 4. The van der Waals surface area contributed by atoms with E-state index in [4.69, 9.17) is 9.47 Å². The van der Waals surface area contributed by atoms with Crippen molar-refractivity contribution in [1.82, 2.24) is 9.80 Å². The number of carbonyl (C=O) groups is 2. The van der Waals surface area contributed by atoms with Gasteiger partial charge in [-0.3, -0.25) is 4.79 Å². The molecule has 0 bridgehead atoms. The number of carbonyl (C=O) groups excluding carboxylic acids is 2. The van der Waals surface area contributed by atoms with E-state index in [1.807, 2.05) is 16.7 Å². The average molecular weight is 310 g/mol. The molecule has 0 radical (unpaired) electrons. The van der Waals surface area contributed by atoms with Crippen molar-refractivity contribution < 1.29 is 19.1 Å². The molecular formula is C16H26N2O4. The zero-order valence-electron chi connectivity index (χ0n) is 13.3. The number of nitrogens with zero attached hydrogens (tertiary/aromatic N) is 2. The molecule has 2 fully saturated rings. The number of likely N-dealkylation sites (tertiary alicyclic amines) is 1. The molecule has 2 heterocycles. The van der Waals surface area contributed by atoms with Crippen molar-refractivity contribution in [3.63, 3.8) is 0 Å². The molecule has 0 spiro atoms. The third kappa shape index (κ3) is 4.22. The van der Waals surface area contributed by atoms with Crippen LogP contribution in [0.1, 0.15) is 32.6 Å². The molecule has 0 aliphatic carbocycles. The predicted octanol–water partition coefficient (Wildman–Crippen LogP) is 1.80. The SMILES string of the molecule is C=CCOCCC(=O)N1CCC(N2CC(CC)OC2=O)CC1. The molecule has 2 aliphatic rings. The van der Waals surface area contributed by atoms with Gasteiger partial charge in [-0.1, -0.05) is 13.0 Å². The molecule has 124 valence electrons. The summed E-state index contributed by atoms with van der Waals surface area (Å²) >= 11 is 0. The minimum atomic E-state index is -0.200. The number of cyclic esters (lactones) is 1. The van der Waals surface area contributed by atoms with Gasteiger partial charge >= 0.3 is 6.09 Å². The van der Waals surface area contributed by atoms with Crippen molar-refractivity contribution in [2.45, 2.75) is 44.8 Å². The lowest BCUT2D eigenvalue weighted by atomic mass is 10.0. The van der Waals surface area contributed by atoms with E-state index in [1.54, 1.807) is 6.08 Å². The molecule has 0 aromatic carbocycles. The smallest absolute Gasteiger partial charge is 0.410 e. The molecule has 2 amide bonds. The van der Waals surface area contributed by atoms with Gasteiger partial charge in [-0.05, 0) is 19.3 Å². The summed E-state index contributed by atoms with van der Waals surface area (Å²) in [6.07, 6.45) is 4.40. The number of amides is 2. The van der Waals surface area contributed by atoms with Crippen LogP contribution in [0.4, 0.5) is 4.79 Å². The largest absolute Gasteiger partial charge is 0.444 e. The van der Waals surface area contributed by atoms with Gasteiger partial charge in [0.2, 0.25) is 5.91 Å². The molecule has 0 N–H and O–H groups in total. The molecule has 1 atom stereocenters. The van der Waals surface area contributed by atoms with E-state index in [0.29, 0.717) is 39.3 Å². The number of ether oxygens (including phenoxy) is 2.